The molecule has 0 aromatic heterocycles. The van der Waals surface area contributed by atoms with Gasteiger partial charge in [0.1, 0.15) is 5.84 Å². The highest BCUT2D eigenvalue weighted by Gasteiger charge is 2.18. The van der Waals surface area contributed by atoms with Crippen LogP contribution < -0.4 is 5.73 Å². The maximum Gasteiger partial charge on any atom is 0.253 e. The summed E-state index contributed by atoms with van der Waals surface area (Å²) in [7, 11) is 0. The Morgan fingerprint density at radius 1 is 1.28 bits per heavy atom. The average molecular weight is 266 g/mol. The van der Waals surface area contributed by atoms with Crippen LogP contribution in [0.2, 0.25) is 0 Å². The summed E-state index contributed by atoms with van der Waals surface area (Å²) in [6.45, 7) is 1.72. The molecule has 1 aliphatic heterocycles. The first-order chi connectivity index (χ1) is 8.70. The van der Waals surface area contributed by atoms with E-state index in [-0.39, 0.29) is 11.8 Å². The van der Waals surface area contributed by atoms with Crippen molar-refractivity contribution in [3.63, 3.8) is 0 Å². The molecule has 0 unspecified atom stereocenters. The second-order valence-corrected chi connectivity index (χ2v) is 4.55. The van der Waals surface area contributed by atoms with Gasteiger partial charge in [-0.15, -0.1) is 11.6 Å². The molecule has 1 aromatic carbocycles. The van der Waals surface area contributed by atoms with Gasteiger partial charge in [-0.1, -0.05) is 0 Å². The van der Waals surface area contributed by atoms with Crippen LogP contribution in [0.25, 0.3) is 0 Å². The number of alkyl halides is 1. The van der Waals surface area contributed by atoms with Crippen LogP contribution in [0.15, 0.2) is 29.3 Å². The van der Waals surface area contributed by atoms with Crippen LogP contribution in [0, 0.1) is 0 Å². The first-order valence-electron chi connectivity index (χ1n) is 5.99. The van der Waals surface area contributed by atoms with E-state index in [0.717, 1.165) is 25.9 Å². The van der Waals surface area contributed by atoms with Crippen molar-refractivity contribution < 1.29 is 4.79 Å². The number of rotatable bonds is 3. The van der Waals surface area contributed by atoms with Gasteiger partial charge in [0.25, 0.3) is 5.91 Å². The molecular weight excluding hydrogens is 250 g/mol. The third-order valence-electron chi connectivity index (χ3n) is 2.92. The molecule has 1 saturated heterocycles. The molecule has 18 heavy (non-hydrogen) atoms. The summed E-state index contributed by atoms with van der Waals surface area (Å²) in [6.07, 6.45) is 2.20. The van der Waals surface area contributed by atoms with E-state index >= 15 is 0 Å². The Kier molecular flexibility index (Phi) is 4.20. The zero-order chi connectivity index (χ0) is 13.0. The van der Waals surface area contributed by atoms with E-state index in [1.165, 1.54) is 0 Å². The molecule has 4 nitrogen and oxygen atoms in total. The number of amides is 1. The van der Waals surface area contributed by atoms with Crippen molar-refractivity contribution in [2.24, 2.45) is 10.7 Å². The van der Waals surface area contributed by atoms with Crippen LogP contribution in [-0.4, -0.2) is 35.6 Å². The summed E-state index contributed by atoms with van der Waals surface area (Å²) >= 11 is 5.55. The zero-order valence-corrected chi connectivity index (χ0v) is 10.9. The summed E-state index contributed by atoms with van der Waals surface area (Å²) in [5.41, 5.74) is 6.95. The molecule has 0 spiro atoms. The van der Waals surface area contributed by atoms with Gasteiger partial charge in [-0.2, -0.15) is 0 Å². The summed E-state index contributed by atoms with van der Waals surface area (Å²) in [5, 5.41) is 0. The van der Waals surface area contributed by atoms with Crippen molar-refractivity contribution in [3.8, 4) is 0 Å². The SMILES string of the molecule is NC(CCl)=Nc1ccc(C(=O)N2CCCC2)cc1. The molecule has 1 fully saturated rings. The average Bonchev–Trinajstić information content (AvgIpc) is 2.92. The highest BCUT2D eigenvalue weighted by Crippen LogP contribution is 2.17. The monoisotopic (exact) mass is 265 g/mol. The standard InChI is InChI=1S/C13H16ClN3O/c14-9-12(15)16-11-5-3-10(4-6-11)13(18)17-7-1-2-8-17/h3-6H,1-2,7-9H2,(H2,15,16). The number of nitrogens with two attached hydrogens (primary N) is 1. The normalized spacial score (nSPS) is 16.1. The molecule has 0 aliphatic carbocycles. The van der Waals surface area contributed by atoms with Crippen LogP contribution in [0.4, 0.5) is 5.69 Å². The predicted molar refractivity (Wildman–Crippen MR) is 73.6 cm³/mol. The second-order valence-electron chi connectivity index (χ2n) is 4.28. The molecule has 0 saturated carbocycles. The summed E-state index contributed by atoms with van der Waals surface area (Å²) in [5.74, 6) is 0.665. The largest absolute Gasteiger partial charge is 0.386 e. The van der Waals surface area contributed by atoms with Crippen molar-refractivity contribution in [1.82, 2.24) is 4.90 Å². The van der Waals surface area contributed by atoms with E-state index in [9.17, 15) is 4.79 Å². The fourth-order valence-corrected chi connectivity index (χ4v) is 2.04. The first kappa shape index (κ1) is 12.9. The van der Waals surface area contributed by atoms with Gasteiger partial charge in [-0.25, -0.2) is 4.99 Å². The van der Waals surface area contributed by atoms with Crippen molar-refractivity contribution in [3.05, 3.63) is 29.8 Å². The van der Waals surface area contributed by atoms with Crippen LogP contribution in [0.3, 0.4) is 0 Å². The molecule has 2 N–H and O–H groups in total. The predicted octanol–water partition coefficient (Wildman–Crippen LogP) is 2.15. The smallest absolute Gasteiger partial charge is 0.253 e. The molecule has 0 atom stereocenters. The third kappa shape index (κ3) is 3.01. The topological polar surface area (TPSA) is 58.7 Å². The number of hydrogen-bond donors (Lipinski definition) is 1. The number of hydrogen-bond acceptors (Lipinski definition) is 2. The molecule has 0 bridgehead atoms. The quantitative estimate of drug-likeness (QED) is 0.517. The van der Waals surface area contributed by atoms with Gasteiger partial charge in [0.05, 0.1) is 11.6 Å². The molecule has 96 valence electrons. The minimum Gasteiger partial charge on any atom is -0.386 e. The Hall–Kier alpha value is -1.55. The van der Waals surface area contributed by atoms with Gasteiger partial charge < -0.3 is 10.6 Å². The minimum absolute atomic E-state index is 0.0911. The summed E-state index contributed by atoms with van der Waals surface area (Å²) in [6, 6.07) is 7.12. The molecule has 2 rings (SSSR count). The van der Waals surface area contributed by atoms with E-state index in [2.05, 4.69) is 4.99 Å². The van der Waals surface area contributed by atoms with Gasteiger partial charge in [0, 0.05) is 18.7 Å². The Morgan fingerprint density at radius 2 is 1.89 bits per heavy atom. The van der Waals surface area contributed by atoms with Crippen LogP contribution in [0.1, 0.15) is 23.2 Å². The number of benzene rings is 1. The lowest BCUT2D eigenvalue weighted by atomic mass is 10.2. The Labute approximate surface area is 111 Å². The first-order valence-corrected chi connectivity index (χ1v) is 6.52. The molecule has 1 heterocycles. The number of aliphatic imine (C=N–C) groups is 1. The highest BCUT2D eigenvalue weighted by atomic mass is 35.5. The molecule has 1 aliphatic rings. The lowest BCUT2D eigenvalue weighted by molar-refractivity contribution is 0.0793. The fourth-order valence-electron chi connectivity index (χ4n) is 1.98. The maximum absolute atomic E-state index is 12.1. The van der Waals surface area contributed by atoms with Crippen molar-refractivity contribution in [1.29, 1.82) is 0 Å². The summed E-state index contributed by atoms with van der Waals surface area (Å²) < 4.78 is 0. The molecule has 0 radical (unpaired) electrons. The van der Waals surface area contributed by atoms with Crippen molar-refractivity contribution in [2.45, 2.75) is 12.8 Å². The molecular formula is C13H16ClN3O. The maximum atomic E-state index is 12.1. The third-order valence-corrected chi connectivity index (χ3v) is 3.19. The van der Waals surface area contributed by atoms with Gasteiger partial charge in [-0.05, 0) is 37.1 Å². The zero-order valence-electron chi connectivity index (χ0n) is 10.1. The molecule has 1 amide bonds. The van der Waals surface area contributed by atoms with E-state index < -0.39 is 0 Å². The van der Waals surface area contributed by atoms with Crippen LogP contribution >= 0.6 is 11.6 Å². The van der Waals surface area contributed by atoms with E-state index in [4.69, 9.17) is 17.3 Å². The highest BCUT2D eigenvalue weighted by molar-refractivity contribution is 6.28. The van der Waals surface area contributed by atoms with Crippen LogP contribution in [-0.2, 0) is 0 Å². The number of likely N-dealkylation sites (tertiary alicyclic amines) is 1. The number of amidine groups is 1. The Bertz CT molecular complexity index is 450. The van der Waals surface area contributed by atoms with Crippen LogP contribution in [0.5, 0.6) is 0 Å². The van der Waals surface area contributed by atoms with Gasteiger partial charge in [0.15, 0.2) is 0 Å². The fraction of sp³-hybridized carbons (Fsp3) is 0.385. The van der Waals surface area contributed by atoms with Gasteiger partial charge >= 0.3 is 0 Å². The lowest BCUT2D eigenvalue weighted by Crippen LogP contribution is -2.27. The molecule has 1 aromatic rings. The van der Waals surface area contributed by atoms with E-state index in [0.29, 0.717) is 17.1 Å². The second kappa shape index (κ2) is 5.87. The number of nitrogens with zero attached hydrogens (tertiary/aromatic N) is 2. The van der Waals surface area contributed by atoms with Crippen molar-refractivity contribution in [2.75, 3.05) is 19.0 Å². The van der Waals surface area contributed by atoms with Gasteiger partial charge in [-0.3, -0.25) is 4.79 Å². The number of halogens is 1. The number of carbonyl (C=O) groups excluding carboxylic acids is 1. The Morgan fingerprint density at radius 3 is 2.44 bits per heavy atom. The minimum atomic E-state index is 0.0911. The van der Waals surface area contributed by atoms with Crippen molar-refractivity contribution >= 4 is 29.0 Å². The lowest BCUT2D eigenvalue weighted by Gasteiger charge is -2.14. The van der Waals surface area contributed by atoms with Gasteiger partial charge in [0.2, 0.25) is 0 Å². The summed E-state index contributed by atoms with van der Waals surface area (Å²) in [4.78, 5) is 18.1. The Balaban J connectivity index is 2.09. The van der Waals surface area contributed by atoms with E-state index in [1.807, 2.05) is 4.90 Å². The molecule has 5 heteroatoms. The van der Waals surface area contributed by atoms with E-state index in [1.54, 1.807) is 24.3 Å². The number of carbonyl (C=O) groups is 1.